The van der Waals surface area contributed by atoms with Crippen LogP contribution in [0.25, 0.3) is 0 Å². The number of nitrogens with zero attached hydrogens (tertiary/aromatic N) is 4. The monoisotopic (exact) mass is 1140 g/mol. The molecule has 0 aromatic heterocycles. The molecule has 10 atom stereocenters. The molecule has 2 N–H and O–H groups in total. The number of nitrogens with one attached hydrogen (secondary N) is 1. The molecule has 0 bridgehead atoms. The molecule has 0 aromatic carbocycles. The number of hydrogen-bond acceptors (Lipinski definition) is 17. The maximum Gasteiger partial charge on any atom is 0.274 e. The molecule has 3 saturated heterocycles. The lowest BCUT2D eigenvalue weighted by atomic mass is 9.78. The van der Waals surface area contributed by atoms with Gasteiger partial charge in [0.25, 0.3) is 10.1 Å². The molecule has 4 fully saturated rings. The highest BCUT2D eigenvalue weighted by molar-refractivity contribution is 8.77. The van der Waals surface area contributed by atoms with Crippen molar-refractivity contribution in [2.45, 2.75) is 144 Å². The fourth-order valence-electron chi connectivity index (χ4n) is 13.2. The molecule has 0 radical (unpaired) electrons. The molecule has 4 heterocycles. The Balaban J connectivity index is 0.921. The van der Waals surface area contributed by atoms with Crippen LogP contribution in [-0.2, 0) is 57.7 Å². The van der Waals surface area contributed by atoms with E-state index in [-0.39, 0.29) is 76.9 Å². The van der Waals surface area contributed by atoms with E-state index in [9.17, 15) is 27.4 Å². The molecular weight excluding hydrogens is 1060 g/mol. The van der Waals surface area contributed by atoms with E-state index in [1.165, 1.54) is 21.9 Å². The molecule has 18 nitrogen and oxygen atoms in total. The van der Waals surface area contributed by atoms with E-state index in [2.05, 4.69) is 53.3 Å². The third-order valence-electron chi connectivity index (χ3n) is 17.0. The first-order valence-corrected chi connectivity index (χ1v) is 32.1. The van der Waals surface area contributed by atoms with Crippen molar-refractivity contribution in [2.75, 3.05) is 93.0 Å². The number of methoxy groups -OCH3 is 3. The number of aldehydes is 1. The second-order valence-corrected chi connectivity index (χ2v) is 27.7. The van der Waals surface area contributed by atoms with Crippen molar-refractivity contribution in [3.8, 4) is 0 Å². The minimum absolute atomic E-state index is 0.0116. The van der Waals surface area contributed by atoms with Crippen LogP contribution in [0.5, 0.6) is 0 Å². The SMILES string of the molecule is COCCOCCOCCN(CC(C)(C)SSCCC(C=O)S(=O)(=O)O)[C@@H]1CC(COC2=C(OC)C[C@H]3C(=O)N4C5=CCCC=C5C[C@H]4CN[C@H]3C2)C[C@H](COC2=C(OC)C[C@@H]3C(=O)N4C5=CCCC=C5C[C@H]4C=N[C@@H]3C2)C1. The highest BCUT2D eigenvalue weighted by Crippen LogP contribution is 2.46. The van der Waals surface area contributed by atoms with Crippen LogP contribution in [0.4, 0.5) is 0 Å². The Bertz CT molecular complexity index is 2510. The summed E-state index contributed by atoms with van der Waals surface area (Å²) in [6, 6.07) is -0.212. The average molecular weight is 1140 g/mol. The Morgan fingerprint density at radius 3 is 2.06 bits per heavy atom. The molecule has 2 amide bonds. The van der Waals surface area contributed by atoms with Gasteiger partial charge < -0.3 is 53.1 Å². The first kappa shape index (κ1) is 59.0. The molecule has 5 aliphatic carbocycles. The quantitative estimate of drug-likeness (QED) is 0.0362. The van der Waals surface area contributed by atoms with Crippen molar-refractivity contribution in [1.29, 1.82) is 0 Å². The highest BCUT2D eigenvalue weighted by atomic mass is 33.1. The predicted molar refractivity (Wildman–Crippen MR) is 301 cm³/mol. The van der Waals surface area contributed by atoms with Crippen molar-refractivity contribution < 1.29 is 60.5 Å². The lowest BCUT2D eigenvalue weighted by Crippen LogP contribution is -2.49. The number of aliphatic imine (C=N–C) groups is 1. The van der Waals surface area contributed by atoms with E-state index < -0.39 is 15.4 Å². The van der Waals surface area contributed by atoms with Crippen molar-refractivity contribution in [3.05, 3.63) is 69.9 Å². The molecular formula is C57H83N5O13S3. The van der Waals surface area contributed by atoms with Crippen molar-refractivity contribution in [3.63, 3.8) is 0 Å². The molecule has 21 heteroatoms. The van der Waals surface area contributed by atoms with Gasteiger partial charge in [-0.05, 0) is 94.6 Å². The number of rotatable bonds is 27. The zero-order valence-corrected chi connectivity index (χ0v) is 48.7. The van der Waals surface area contributed by atoms with Crippen LogP contribution < -0.4 is 5.32 Å². The fraction of sp³-hybridized carbons (Fsp3) is 0.719. The second kappa shape index (κ2) is 26.9. The van der Waals surface area contributed by atoms with Crippen LogP contribution in [0.1, 0.15) is 104 Å². The molecule has 0 spiro atoms. The van der Waals surface area contributed by atoms with Gasteiger partial charge in [-0.15, -0.1) is 0 Å². The minimum Gasteiger partial charge on any atom is -0.498 e. The number of carbonyl (C=O) groups excluding carboxylic acids is 3. The maximum absolute atomic E-state index is 14.4. The number of amides is 2. The van der Waals surface area contributed by atoms with Crippen LogP contribution in [-0.4, -0.2) is 185 Å². The number of allylic oxidation sites excluding steroid dienone is 8. The zero-order valence-electron chi connectivity index (χ0n) is 46.3. The van der Waals surface area contributed by atoms with Gasteiger partial charge in [-0.2, -0.15) is 8.42 Å². The highest BCUT2D eigenvalue weighted by Gasteiger charge is 2.49. The Morgan fingerprint density at radius 1 is 0.782 bits per heavy atom. The van der Waals surface area contributed by atoms with E-state index >= 15 is 0 Å². The molecule has 9 rings (SSSR count). The summed E-state index contributed by atoms with van der Waals surface area (Å²) in [5.74, 6) is 3.23. The maximum atomic E-state index is 14.4. The van der Waals surface area contributed by atoms with Crippen LogP contribution >= 0.6 is 21.6 Å². The first-order valence-electron chi connectivity index (χ1n) is 28.3. The van der Waals surface area contributed by atoms with Crippen molar-refractivity contribution in [1.82, 2.24) is 20.0 Å². The normalized spacial score (nSPS) is 29.4. The molecule has 4 aliphatic heterocycles. The largest absolute Gasteiger partial charge is 0.498 e. The Labute approximate surface area is 469 Å². The van der Waals surface area contributed by atoms with Gasteiger partial charge in [0.1, 0.15) is 34.6 Å². The Kier molecular flexibility index (Phi) is 20.4. The van der Waals surface area contributed by atoms with Gasteiger partial charge in [-0.25, -0.2) is 0 Å². The standard InChI is InChI=1S/C57H83N5O13S3/c1-57(2,77-76-21-14-44(33-63)78(66,67)68)36-60(15-16-72-19-20-73-18-17-69-3)41-23-37(34-74-53-29-47-45(27-51(53)70-4)55(64)61-42(31-58-47)25-39-10-6-8-12-49(39)61)22-38(24-41)35-75-54-30-48-46(28-52(54)71-5)56(65)62-43(32-59-48)26-40-11-7-9-13-50(40)62/h10-13,31,33,37-38,41-48,59H,6-9,14-30,32,34-36H2,1-5H3,(H,66,67,68)/t37-,38?,41-,42-,43-,44?,45-,46+,47+,48-/m0/s1. The molecule has 78 heavy (non-hydrogen) atoms. The molecule has 1 saturated carbocycles. The van der Waals surface area contributed by atoms with Gasteiger partial charge in [-0.1, -0.05) is 45.9 Å². The first-order chi connectivity index (χ1) is 37.7. The van der Waals surface area contributed by atoms with E-state index in [1.807, 2.05) is 11.1 Å². The minimum atomic E-state index is -4.48. The number of carbonyl (C=O) groups is 3. The topological polar surface area (TPSA) is 204 Å². The summed E-state index contributed by atoms with van der Waals surface area (Å²) in [6.45, 7) is 9.63. The Morgan fingerprint density at radius 2 is 1.40 bits per heavy atom. The van der Waals surface area contributed by atoms with Crippen LogP contribution in [0.15, 0.2) is 74.9 Å². The third-order valence-corrected chi connectivity index (χ3v) is 21.4. The Hall–Kier alpha value is -3.67. The van der Waals surface area contributed by atoms with E-state index in [0.717, 1.165) is 93.0 Å². The van der Waals surface area contributed by atoms with Crippen LogP contribution in [0.2, 0.25) is 0 Å². The summed E-state index contributed by atoms with van der Waals surface area (Å²) < 4.78 is 75.8. The van der Waals surface area contributed by atoms with Gasteiger partial charge >= 0.3 is 0 Å². The van der Waals surface area contributed by atoms with Gasteiger partial charge in [0.05, 0.1) is 90.4 Å². The van der Waals surface area contributed by atoms with Crippen molar-refractivity contribution >= 4 is 56.0 Å². The number of fused-ring (bicyclic) bond motifs is 8. The van der Waals surface area contributed by atoms with Gasteiger partial charge in [-0.3, -0.25) is 24.0 Å². The second-order valence-electron chi connectivity index (χ2n) is 22.9. The number of ether oxygens (including phenoxy) is 7. The third kappa shape index (κ3) is 14.1. The predicted octanol–water partition coefficient (Wildman–Crippen LogP) is 7.16. The molecule has 9 aliphatic rings. The molecule has 432 valence electrons. The van der Waals surface area contributed by atoms with Crippen LogP contribution in [0, 0.1) is 23.7 Å². The average Bonchev–Trinajstić information content (AvgIpc) is 4.08. The smallest absolute Gasteiger partial charge is 0.274 e. The summed E-state index contributed by atoms with van der Waals surface area (Å²) >= 11 is 0. The van der Waals surface area contributed by atoms with E-state index in [0.29, 0.717) is 103 Å². The number of hydrogen-bond donors (Lipinski definition) is 2. The van der Waals surface area contributed by atoms with Gasteiger partial charge in [0, 0.05) is 99.0 Å². The van der Waals surface area contributed by atoms with E-state index in [4.69, 9.17) is 38.2 Å². The zero-order chi connectivity index (χ0) is 55.0. The fourth-order valence-corrected chi connectivity index (χ4v) is 16.5. The van der Waals surface area contributed by atoms with Gasteiger partial charge in [0.2, 0.25) is 11.8 Å². The van der Waals surface area contributed by atoms with Crippen molar-refractivity contribution in [2.24, 2.45) is 28.7 Å². The summed E-state index contributed by atoms with van der Waals surface area (Å²) in [4.78, 5) is 52.0. The lowest BCUT2D eigenvalue weighted by molar-refractivity contribution is -0.135. The molecule has 0 aromatic rings. The van der Waals surface area contributed by atoms with E-state index in [1.54, 1.807) is 32.1 Å². The van der Waals surface area contributed by atoms with Crippen LogP contribution in [0.3, 0.4) is 0 Å². The summed E-state index contributed by atoms with van der Waals surface area (Å²) in [6.07, 6.45) is 21.3. The summed E-state index contributed by atoms with van der Waals surface area (Å²) in [7, 11) is 3.64. The lowest BCUT2D eigenvalue weighted by Gasteiger charge is -2.43. The molecule has 2 unspecified atom stereocenters. The van der Waals surface area contributed by atoms with Gasteiger partial charge in [0.15, 0.2) is 0 Å². The summed E-state index contributed by atoms with van der Waals surface area (Å²) in [5, 5.41) is 2.34. The summed E-state index contributed by atoms with van der Waals surface area (Å²) in [5.41, 5.74) is 4.67.